The van der Waals surface area contributed by atoms with Crippen molar-refractivity contribution in [3.8, 4) is 0 Å². The molecule has 0 aliphatic carbocycles. The van der Waals surface area contributed by atoms with Gasteiger partial charge in [0.2, 0.25) is 5.91 Å². The van der Waals surface area contributed by atoms with Gasteiger partial charge in [0, 0.05) is 36.1 Å². The van der Waals surface area contributed by atoms with E-state index < -0.39 is 0 Å². The fraction of sp³-hybridized carbons (Fsp3) is 0.500. The third-order valence-corrected chi connectivity index (χ3v) is 4.66. The van der Waals surface area contributed by atoms with Crippen molar-refractivity contribution >= 4 is 27.7 Å². The monoisotopic (exact) mass is 367 g/mol. The Morgan fingerprint density at radius 1 is 1.36 bits per heavy atom. The normalized spacial score (nSPS) is 21.0. The largest absolute Gasteiger partial charge is 0.352 e. The summed E-state index contributed by atoms with van der Waals surface area (Å²) in [5.74, 6) is -0.0817. The Bertz CT molecular complexity index is 547. The molecule has 5 nitrogen and oxygen atoms in total. The molecule has 1 unspecified atom stereocenters. The maximum Gasteiger partial charge on any atom is 0.251 e. The van der Waals surface area contributed by atoms with E-state index in [9.17, 15) is 9.59 Å². The van der Waals surface area contributed by atoms with Gasteiger partial charge in [-0.25, -0.2) is 0 Å². The van der Waals surface area contributed by atoms with Gasteiger partial charge in [-0.2, -0.15) is 0 Å². The molecule has 6 heteroatoms. The van der Waals surface area contributed by atoms with E-state index in [1.54, 1.807) is 12.1 Å². The molecule has 0 saturated carbocycles. The van der Waals surface area contributed by atoms with Crippen LogP contribution in [0.2, 0.25) is 0 Å². The van der Waals surface area contributed by atoms with E-state index in [4.69, 9.17) is 5.73 Å². The summed E-state index contributed by atoms with van der Waals surface area (Å²) in [6, 6.07) is 7.12. The van der Waals surface area contributed by atoms with Gasteiger partial charge in [0.15, 0.2) is 0 Å². The van der Waals surface area contributed by atoms with Crippen LogP contribution in [0.25, 0.3) is 0 Å². The van der Waals surface area contributed by atoms with E-state index in [1.165, 1.54) is 0 Å². The Kier molecular flexibility index (Phi) is 5.58. The van der Waals surface area contributed by atoms with E-state index in [-0.39, 0.29) is 17.2 Å². The molecule has 3 N–H and O–H groups in total. The second kappa shape index (κ2) is 7.24. The predicted octanol–water partition coefficient (Wildman–Crippen LogP) is 1.77. The van der Waals surface area contributed by atoms with Crippen LogP contribution in [0.5, 0.6) is 0 Å². The lowest BCUT2D eigenvalue weighted by molar-refractivity contribution is -0.130. The number of nitrogens with one attached hydrogen (secondary N) is 1. The summed E-state index contributed by atoms with van der Waals surface area (Å²) >= 11 is 3.33. The molecule has 22 heavy (non-hydrogen) atoms. The highest BCUT2D eigenvalue weighted by Crippen LogP contribution is 2.28. The number of benzene rings is 1. The maximum absolute atomic E-state index is 12.1. The molecule has 1 aliphatic heterocycles. The van der Waals surface area contributed by atoms with Crippen molar-refractivity contribution in [2.45, 2.75) is 19.8 Å². The highest BCUT2D eigenvalue weighted by atomic mass is 79.9. The smallest absolute Gasteiger partial charge is 0.251 e. The molecule has 0 spiro atoms. The Hall–Kier alpha value is -1.40. The van der Waals surface area contributed by atoms with Crippen molar-refractivity contribution in [1.29, 1.82) is 0 Å². The molecule has 1 aromatic rings. The van der Waals surface area contributed by atoms with Gasteiger partial charge in [-0.15, -0.1) is 0 Å². The van der Waals surface area contributed by atoms with Gasteiger partial charge in [0.05, 0.1) is 0 Å². The molecule has 2 rings (SSSR count). The Balaban J connectivity index is 1.75. The molecule has 1 fully saturated rings. The molecule has 1 saturated heterocycles. The SMILES string of the molecule is CC1(CN)CCN(C(=O)CCNC(=O)c2ccc(Br)cc2)C1. The first-order valence-corrected chi connectivity index (χ1v) is 8.24. The van der Waals surface area contributed by atoms with Gasteiger partial charge in [0.1, 0.15) is 0 Å². The van der Waals surface area contributed by atoms with Crippen LogP contribution in [0.15, 0.2) is 28.7 Å². The zero-order valence-electron chi connectivity index (χ0n) is 12.8. The van der Waals surface area contributed by atoms with Gasteiger partial charge in [0.25, 0.3) is 5.91 Å². The average molecular weight is 368 g/mol. The fourth-order valence-corrected chi connectivity index (χ4v) is 2.81. The molecule has 0 bridgehead atoms. The van der Waals surface area contributed by atoms with Crippen LogP contribution in [0.1, 0.15) is 30.1 Å². The highest BCUT2D eigenvalue weighted by Gasteiger charge is 2.34. The van der Waals surface area contributed by atoms with E-state index >= 15 is 0 Å². The minimum Gasteiger partial charge on any atom is -0.352 e. The number of halogens is 1. The Morgan fingerprint density at radius 3 is 2.64 bits per heavy atom. The van der Waals surface area contributed by atoms with Gasteiger partial charge in [-0.1, -0.05) is 22.9 Å². The number of nitrogens with zero attached hydrogens (tertiary/aromatic N) is 1. The van der Waals surface area contributed by atoms with Crippen LogP contribution >= 0.6 is 15.9 Å². The van der Waals surface area contributed by atoms with Crippen molar-refractivity contribution in [3.63, 3.8) is 0 Å². The van der Waals surface area contributed by atoms with Crippen molar-refractivity contribution < 1.29 is 9.59 Å². The van der Waals surface area contributed by atoms with Crippen molar-refractivity contribution in [1.82, 2.24) is 10.2 Å². The summed E-state index contributed by atoms with van der Waals surface area (Å²) in [5, 5.41) is 2.78. The zero-order valence-corrected chi connectivity index (χ0v) is 14.4. The average Bonchev–Trinajstić information content (AvgIpc) is 2.91. The molecule has 0 radical (unpaired) electrons. The van der Waals surface area contributed by atoms with E-state index in [1.807, 2.05) is 17.0 Å². The first-order chi connectivity index (χ1) is 10.4. The summed E-state index contributed by atoms with van der Waals surface area (Å²) in [4.78, 5) is 25.9. The van der Waals surface area contributed by atoms with E-state index in [0.717, 1.165) is 17.4 Å². The Morgan fingerprint density at radius 2 is 2.05 bits per heavy atom. The van der Waals surface area contributed by atoms with Gasteiger partial charge >= 0.3 is 0 Å². The molecule has 1 heterocycles. The van der Waals surface area contributed by atoms with E-state index in [0.29, 0.717) is 31.6 Å². The minimum atomic E-state index is -0.159. The topological polar surface area (TPSA) is 75.4 Å². The number of nitrogens with two attached hydrogens (primary N) is 1. The van der Waals surface area contributed by atoms with Crippen LogP contribution in [-0.4, -0.2) is 42.9 Å². The first kappa shape index (κ1) is 17.0. The molecular formula is C16H22BrN3O2. The molecule has 1 aliphatic rings. The molecular weight excluding hydrogens is 346 g/mol. The first-order valence-electron chi connectivity index (χ1n) is 7.45. The summed E-state index contributed by atoms with van der Waals surface area (Å²) in [6.45, 7) is 4.52. The maximum atomic E-state index is 12.1. The molecule has 0 aromatic heterocycles. The minimum absolute atomic E-state index is 0.0380. The van der Waals surface area contributed by atoms with Crippen molar-refractivity contribution in [2.24, 2.45) is 11.1 Å². The number of rotatable bonds is 5. The van der Waals surface area contributed by atoms with Gasteiger partial charge in [-0.3, -0.25) is 9.59 Å². The lowest BCUT2D eigenvalue weighted by Crippen LogP contribution is -2.36. The summed E-state index contributed by atoms with van der Waals surface area (Å²) in [5.41, 5.74) is 6.38. The number of carbonyl (C=O) groups is 2. The lowest BCUT2D eigenvalue weighted by Gasteiger charge is -2.22. The number of likely N-dealkylation sites (tertiary alicyclic amines) is 1. The van der Waals surface area contributed by atoms with Crippen molar-refractivity contribution in [3.05, 3.63) is 34.3 Å². The number of amides is 2. The highest BCUT2D eigenvalue weighted by molar-refractivity contribution is 9.10. The summed E-state index contributed by atoms with van der Waals surface area (Å²) < 4.78 is 0.927. The predicted molar refractivity (Wildman–Crippen MR) is 89.5 cm³/mol. The number of hydrogen-bond acceptors (Lipinski definition) is 3. The number of carbonyl (C=O) groups excluding carboxylic acids is 2. The molecule has 120 valence electrons. The standard InChI is InChI=1S/C16H22BrN3O2/c1-16(10-18)7-9-20(11-16)14(21)6-8-19-15(22)12-2-4-13(17)5-3-12/h2-5H,6-11,18H2,1H3,(H,19,22). The second-order valence-electron chi connectivity index (χ2n) is 6.09. The third kappa shape index (κ3) is 4.30. The molecule has 1 aromatic carbocycles. The van der Waals surface area contributed by atoms with Crippen LogP contribution in [-0.2, 0) is 4.79 Å². The van der Waals surface area contributed by atoms with Crippen LogP contribution in [0.3, 0.4) is 0 Å². The van der Waals surface area contributed by atoms with Crippen molar-refractivity contribution in [2.75, 3.05) is 26.2 Å². The third-order valence-electron chi connectivity index (χ3n) is 4.13. The fourth-order valence-electron chi connectivity index (χ4n) is 2.55. The zero-order chi connectivity index (χ0) is 16.2. The quantitative estimate of drug-likeness (QED) is 0.832. The van der Waals surface area contributed by atoms with Gasteiger partial charge in [-0.05, 0) is 42.6 Å². The Labute approximate surface area is 139 Å². The van der Waals surface area contributed by atoms with Crippen LogP contribution in [0, 0.1) is 5.41 Å². The lowest BCUT2D eigenvalue weighted by atomic mass is 9.90. The number of hydrogen-bond donors (Lipinski definition) is 2. The molecule has 1 atom stereocenters. The molecule has 2 amide bonds. The summed E-state index contributed by atoms with van der Waals surface area (Å²) in [6.07, 6.45) is 1.27. The summed E-state index contributed by atoms with van der Waals surface area (Å²) in [7, 11) is 0. The van der Waals surface area contributed by atoms with E-state index in [2.05, 4.69) is 28.2 Å². The van der Waals surface area contributed by atoms with Gasteiger partial charge < -0.3 is 16.0 Å². The van der Waals surface area contributed by atoms with Crippen LogP contribution < -0.4 is 11.1 Å². The van der Waals surface area contributed by atoms with Crippen LogP contribution in [0.4, 0.5) is 0 Å². The second-order valence-corrected chi connectivity index (χ2v) is 7.01.